The van der Waals surface area contributed by atoms with Crippen LogP contribution >= 0.6 is 22.9 Å². The SMILES string of the molecule is O=S(=O)(c1ccc(OCc2cnc(Cl)s2)cc1)N1CCOCC1. The molecule has 2 heterocycles. The molecule has 0 spiro atoms. The Hall–Kier alpha value is -1.19. The number of hydrogen-bond acceptors (Lipinski definition) is 6. The van der Waals surface area contributed by atoms with Gasteiger partial charge >= 0.3 is 0 Å². The van der Waals surface area contributed by atoms with Crippen molar-refractivity contribution in [2.24, 2.45) is 0 Å². The highest BCUT2D eigenvalue weighted by atomic mass is 35.5. The van der Waals surface area contributed by atoms with Gasteiger partial charge in [0.1, 0.15) is 12.4 Å². The quantitative estimate of drug-likeness (QED) is 0.803. The first-order valence-electron chi connectivity index (χ1n) is 6.97. The predicted octanol–water partition coefficient (Wildman–Crippen LogP) is 2.40. The van der Waals surface area contributed by atoms with Crippen LogP contribution in [0.4, 0.5) is 0 Å². The van der Waals surface area contributed by atoms with Crippen LogP contribution < -0.4 is 4.74 Å². The van der Waals surface area contributed by atoms with Crippen LogP contribution in [0.3, 0.4) is 0 Å². The molecule has 1 fully saturated rings. The van der Waals surface area contributed by atoms with E-state index < -0.39 is 10.0 Å². The lowest BCUT2D eigenvalue weighted by molar-refractivity contribution is 0.0730. The van der Waals surface area contributed by atoms with Gasteiger partial charge in [-0.3, -0.25) is 0 Å². The number of ether oxygens (including phenoxy) is 2. The van der Waals surface area contributed by atoms with Gasteiger partial charge in [-0.25, -0.2) is 13.4 Å². The minimum absolute atomic E-state index is 0.257. The zero-order valence-corrected chi connectivity index (χ0v) is 14.5. The average Bonchev–Trinajstić information content (AvgIpc) is 3.00. The fourth-order valence-electron chi connectivity index (χ4n) is 2.15. The minimum atomic E-state index is -3.47. The Morgan fingerprint density at radius 1 is 1.26 bits per heavy atom. The van der Waals surface area contributed by atoms with E-state index in [1.807, 2.05) is 0 Å². The zero-order valence-electron chi connectivity index (χ0n) is 12.1. The summed E-state index contributed by atoms with van der Waals surface area (Å²) in [4.78, 5) is 5.10. The second kappa shape index (κ2) is 7.14. The lowest BCUT2D eigenvalue weighted by atomic mass is 10.3. The summed E-state index contributed by atoms with van der Waals surface area (Å²) in [6, 6.07) is 6.41. The maximum atomic E-state index is 12.5. The highest BCUT2D eigenvalue weighted by Gasteiger charge is 2.26. The molecule has 0 amide bonds. The summed E-state index contributed by atoms with van der Waals surface area (Å²) in [5.74, 6) is 0.593. The Morgan fingerprint density at radius 3 is 2.57 bits per heavy atom. The fourth-order valence-corrected chi connectivity index (χ4v) is 4.45. The van der Waals surface area contributed by atoms with Crippen LogP contribution in [-0.4, -0.2) is 44.0 Å². The number of halogens is 1. The van der Waals surface area contributed by atoms with Crippen LogP contribution in [0.2, 0.25) is 4.47 Å². The minimum Gasteiger partial charge on any atom is -0.488 e. The molecule has 2 aromatic rings. The highest BCUT2D eigenvalue weighted by Crippen LogP contribution is 2.23. The number of aromatic nitrogens is 1. The first-order valence-corrected chi connectivity index (χ1v) is 9.60. The molecular weight excluding hydrogens is 360 g/mol. The van der Waals surface area contributed by atoms with Gasteiger partial charge in [0.2, 0.25) is 10.0 Å². The normalized spacial score (nSPS) is 16.4. The molecule has 3 rings (SSSR count). The molecular formula is C14H15ClN2O4S2. The maximum Gasteiger partial charge on any atom is 0.243 e. The Labute approximate surface area is 143 Å². The van der Waals surface area contributed by atoms with E-state index in [-0.39, 0.29) is 4.90 Å². The fraction of sp³-hybridized carbons (Fsp3) is 0.357. The summed E-state index contributed by atoms with van der Waals surface area (Å²) in [6.07, 6.45) is 1.66. The van der Waals surface area contributed by atoms with E-state index in [1.54, 1.807) is 30.5 Å². The highest BCUT2D eigenvalue weighted by molar-refractivity contribution is 7.89. The molecule has 0 unspecified atom stereocenters. The summed E-state index contributed by atoms with van der Waals surface area (Å²) >= 11 is 7.11. The molecule has 1 saturated heterocycles. The first-order chi connectivity index (χ1) is 11.1. The number of benzene rings is 1. The van der Waals surface area contributed by atoms with Crippen LogP contribution in [0.15, 0.2) is 35.4 Å². The molecule has 23 heavy (non-hydrogen) atoms. The molecule has 0 N–H and O–H groups in total. The van der Waals surface area contributed by atoms with Gasteiger partial charge in [0.25, 0.3) is 0 Å². The number of morpholine rings is 1. The van der Waals surface area contributed by atoms with Crippen molar-refractivity contribution in [1.29, 1.82) is 0 Å². The standard InChI is InChI=1S/C14H15ClN2O4S2/c15-14-16-9-12(22-14)10-21-11-1-3-13(4-2-11)23(18,19)17-5-7-20-8-6-17/h1-4,9H,5-8,10H2. The van der Waals surface area contributed by atoms with E-state index in [1.165, 1.54) is 15.6 Å². The Morgan fingerprint density at radius 2 is 1.96 bits per heavy atom. The molecule has 0 saturated carbocycles. The van der Waals surface area contributed by atoms with Gasteiger partial charge in [0.15, 0.2) is 4.47 Å². The van der Waals surface area contributed by atoms with Gasteiger partial charge in [-0.1, -0.05) is 11.6 Å². The van der Waals surface area contributed by atoms with Crippen molar-refractivity contribution in [2.75, 3.05) is 26.3 Å². The number of sulfonamides is 1. The van der Waals surface area contributed by atoms with Crippen molar-refractivity contribution < 1.29 is 17.9 Å². The van der Waals surface area contributed by atoms with Crippen molar-refractivity contribution in [2.45, 2.75) is 11.5 Å². The Bertz CT molecular complexity index is 755. The van der Waals surface area contributed by atoms with Gasteiger partial charge in [-0.2, -0.15) is 4.31 Å². The molecule has 0 atom stereocenters. The van der Waals surface area contributed by atoms with Gasteiger partial charge in [0.05, 0.1) is 23.0 Å². The van der Waals surface area contributed by atoms with Crippen molar-refractivity contribution >= 4 is 33.0 Å². The van der Waals surface area contributed by atoms with Crippen LogP contribution in [0, 0.1) is 0 Å². The molecule has 1 aromatic carbocycles. The predicted molar refractivity (Wildman–Crippen MR) is 87.5 cm³/mol. The third-order valence-corrected chi connectivity index (χ3v) is 6.34. The summed E-state index contributed by atoms with van der Waals surface area (Å²) in [5, 5.41) is 0. The summed E-state index contributed by atoms with van der Waals surface area (Å²) in [6.45, 7) is 1.97. The molecule has 0 aliphatic carbocycles. The lowest BCUT2D eigenvalue weighted by Crippen LogP contribution is -2.40. The van der Waals surface area contributed by atoms with Crippen molar-refractivity contribution in [3.05, 3.63) is 39.8 Å². The lowest BCUT2D eigenvalue weighted by Gasteiger charge is -2.26. The van der Waals surface area contributed by atoms with E-state index in [0.29, 0.717) is 43.1 Å². The molecule has 1 aromatic heterocycles. The monoisotopic (exact) mass is 374 g/mol. The van der Waals surface area contributed by atoms with Gasteiger partial charge in [-0.15, -0.1) is 11.3 Å². The van der Waals surface area contributed by atoms with Crippen LogP contribution in [0.5, 0.6) is 5.75 Å². The summed E-state index contributed by atoms with van der Waals surface area (Å²) < 4.78 is 37.7. The molecule has 9 heteroatoms. The van der Waals surface area contributed by atoms with Crippen molar-refractivity contribution in [3.8, 4) is 5.75 Å². The molecule has 1 aliphatic rings. The molecule has 6 nitrogen and oxygen atoms in total. The Kier molecular flexibility index (Phi) is 5.17. The number of nitrogens with zero attached hydrogens (tertiary/aromatic N) is 2. The smallest absolute Gasteiger partial charge is 0.243 e. The summed E-state index contributed by atoms with van der Waals surface area (Å²) in [7, 11) is -3.47. The van der Waals surface area contributed by atoms with E-state index in [4.69, 9.17) is 21.1 Å². The van der Waals surface area contributed by atoms with E-state index >= 15 is 0 Å². The van der Waals surface area contributed by atoms with Crippen LogP contribution in [-0.2, 0) is 21.4 Å². The zero-order chi connectivity index (χ0) is 16.3. The average molecular weight is 375 g/mol. The third kappa shape index (κ3) is 4.02. The molecule has 0 radical (unpaired) electrons. The largest absolute Gasteiger partial charge is 0.488 e. The molecule has 1 aliphatic heterocycles. The first kappa shape index (κ1) is 16.7. The van der Waals surface area contributed by atoms with E-state index in [0.717, 1.165) is 4.88 Å². The van der Waals surface area contributed by atoms with Crippen molar-refractivity contribution in [3.63, 3.8) is 0 Å². The number of rotatable bonds is 5. The van der Waals surface area contributed by atoms with E-state index in [2.05, 4.69) is 4.98 Å². The van der Waals surface area contributed by atoms with Crippen molar-refractivity contribution in [1.82, 2.24) is 9.29 Å². The number of thiazole rings is 1. The van der Waals surface area contributed by atoms with Gasteiger partial charge in [0, 0.05) is 19.3 Å². The topological polar surface area (TPSA) is 68.7 Å². The number of hydrogen-bond donors (Lipinski definition) is 0. The Balaban J connectivity index is 1.66. The van der Waals surface area contributed by atoms with Crippen LogP contribution in [0.1, 0.15) is 4.88 Å². The van der Waals surface area contributed by atoms with Gasteiger partial charge in [-0.05, 0) is 24.3 Å². The second-order valence-electron chi connectivity index (χ2n) is 4.86. The van der Waals surface area contributed by atoms with E-state index in [9.17, 15) is 8.42 Å². The second-order valence-corrected chi connectivity index (χ2v) is 8.49. The molecule has 0 bridgehead atoms. The third-order valence-electron chi connectivity index (χ3n) is 3.34. The van der Waals surface area contributed by atoms with Gasteiger partial charge < -0.3 is 9.47 Å². The molecule has 124 valence electrons. The van der Waals surface area contributed by atoms with Crippen LogP contribution in [0.25, 0.3) is 0 Å². The maximum absolute atomic E-state index is 12.5. The summed E-state index contributed by atoms with van der Waals surface area (Å²) in [5.41, 5.74) is 0.